The molecule has 0 aliphatic rings. The van der Waals surface area contributed by atoms with Crippen LogP contribution in [0.2, 0.25) is 0 Å². The van der Waals surface area contributed by atoms with E-state index < -0.39 is 5.60 Å². The van der Waals surface area contributed by atoms with E-state index in [1.54, 1.807) is 19.2 Å². The lowest BCUT2D eigenvalue weighted by atomic mass is 10.2. The minimum absolute atomic E-state index is 0.353. The van der Waals surface area contributed by atoms with Gasteiger partial charge >= 0.3 is 6.09 Å². The Morgan fingerprint density at radius 2 is 1.77 bits per heavy atom. The summed E-state index contributed by atoms with van der Waals surface area (Å²) in [5, 5.41) is 0. The van der Waals surface area contributed by atoms with Crippen LogP contribution in [0.25, 0.3) is 0 Å². The Kier molecular flexibility index (Phi) is 6.98. The Morgan fingerprint density at radius 3 is 2.36 bits per heavy atom. The highest BCUT2D eigenvalue weighted by Gasteiger charge is 2.19. The van der Waals surface area contributed by atoms with Crippen molar-refractivity contribution in [1.82, 2.24) is 4.90 Å². The topological polar surface area (TPSA) is 74.0 Å². The third-order valence-electron chi connectivity index (χ3n) is 2.65. The highest BCUT2D eigenvalue weighted by Crippen LogP contribution is 2.12. The zero-order valence-corrected chi connectivity index (χ0v) is 13.8. The summed E-state index contributed by atoms with van der Waals surface area (Å²) in [4.78, 5) is 13.2. The van der Waals surface area contributed by atoms with E-state index in [1.165, 1.54) is 4.90 Å². The van der Waals surface area contributed by atoms with Gasteiger partial charge in [-0.25, -0.2) is 4.79 Å². The second-order valence-corrected chi connectivity index (χ2v) is 5.93. The Balaban J connectivity index is 2.10. The van der Waals surface area contributed by atoms with E-state index in [4.69, 9.17) is 19.9 Å². The number of rotatable bonds is 7. The maximum absolute atomic E-state index is 11.7. The minimum atomic E-state index is -0.487. The zero-order valence-electron chi connectivity index (χ0n) is 13.8. The van der Waals surface area contributed by atoms with Crippen LogP contribution in [0.5, 0.6) is 5.75 Å². The SMILES string of the molecule is CN(CCOCCOc1ccc(N)cc1)C(=O)OC(C)(C)C. The summed E-state index contributed by atoms with van der Waals surface area (Å²) in [6.07, 6.45) is -0.353. The molecule has 0 fully saturated rings. The molecule has 0 radical (unpaired) electrons. The number of benzene rings is 1. The predicted molar refractivity (Wildman–Crippen MR) is 86.0 cm³/mol. The van der Waals surface area contributed by atoms with Crippen molar-refractivity contribution in [2.24, 2.45) is 0 Å². The molecule has 0 aliphatic carbocycles. The number of carbonyl (C=O) groups excluding carboxylic acids is 1. The van der Waals surface area contributed by atoms with Crippen LogP contribution in [0, 0.1) is 0 Å². The first-order valence-corrected chi connectivity index (χ1v) is 7.28. The van der Waals surface area contributed by atoms with Gasteiger partial charge in [-0.05, 0) is 45.0 Å². The van der Waals surface area contributed by atoms with Crippen LogP contribution in [-0.2, 0) is 9.47 Å². The van der Waals surface area contributed by atoms with Crippen LogP contribution in [0.1, 0.15) is 20.8 Å². The highest BCUT2D eigenvalue weighted by molar-refractivity contribution is 5.67. The predicted octanol–water partition coefficient (Wildman–Crippen LogP) is 2.53. The van der Waals surface area contributed by atoms with Crippen LogP contribution in [0.15, 0.2) is 24.3 Å². The monoisotopic (exact) mass is 310 g/mol. The number of nitrogens with zero attached hydrogens (tertiary/aromatic N) is 1. The van der Waals surface area contributed by atoms with E-state index in [0.717, 1.165) is 5.75 Å². The molecule has 0 heterocycles. The van der Waals surface area contributed by atoms with Crippen molar-refractivity contribution in [3.05, 3.63) is 24.3 Å². The Bertz CT molecular complexity index is 454. The number of ether oxygens (including phenoxy) is 3. The van der Waals surface area contributed by atoms with Crippen molar-refractivity contribution in [3.8, 4) is 5.75 Å². The third kappa shape index (κ3) is 7.73. The maximum atomic E-state index is 11.7. The molecule has 1 aromatic carbocycles. The molecule has 6 heteroatoms. The molecule has 124 valence electrons. The number of nitrogens with two attached hydrogens (primary N) is 1. The quantitative estimate of drug-likeness (QED) is 0.619. The van der Waals surface area contributed by atoms with Gasteiger partial charge in [-0.3, -0.25) is 0 Å². The first kappa shape index (κ1) is 18.1. The molecule has 0 saturated carbocycles. The van der Waals surface area contributed by atoms with Crippen molar-refractivity contribution in [3.63, 3.8) is 0 Å². The van der Waals surface area contributed by atoms with Crippen LogP contribution >= 0.6 is 0 Å². The standard InChI is InChI=1S/C16H26N2O4/c1-16(2,3)22-15(19)18(4)9-10-20-11-12-21-14-7-5-13(17)6-8-14/h5-8H,9-12,17H2,1-4H3. The number of carbonyl (C=O) groups is 1. The number of anilines is 1. The number of amides is 1. The molecule has 22 heavy (non-hydrogen) atoms. The Labute approximate surface area is 132 Å². The molecule has 1 rings (SSSR count). The number of nitrogen functional groups attached to an aromatic ring is 1. The summed E-state index contributed by atoms with van der Waals surface area (Å²) < 4.78 is 16.2. The molecular weight excluding hydrogens is 284 g/mol. The first-order chi connectivity index (χ1) is 10.3. The zero-order chi connectivity index (χ0) is 16.6. The normalized spacial score (nSPS) is 11.1. The summed E-state index contributed by atoms with van der Waals surface area (Å²) in [5.74, 6) is 0.753. The number of hydrogen-bond donors (Lipinski definition) is 1. The summed E-state index contributed by atoms with van der Waals surface area (Å²) in [5.41, 5.74) is 5.80. The highest BCUT2D eigenvalue weighted by atomic mass is 16.6. The summed E-state index contributed by atoms with van der Waals surface area (Å²) in [7, 11) is 1.68. The van der Waals surface area contributed by atoms with Gasteiger partial charge in [0.2, 0.25) is 0 Å². The van der Waals surface area contributed by atoms with Crippen LogP contribution in [0.3, 0.4) is 0 Å². The fourth-order valence-electron chi connectivity index (χ4n) is 1.52. The van der Waals surface area contributed by atoms with Gasteiger partial charge in [-0.1, -0.05) is 0 Å². The van der Waals surface area contributed by atoms with E-state index >= 15 is 0 Å². The average Bonchev–Trinajstić information content (AvgIpc) is 2.42. The van der Waals surface area contributed by atoms with Crippen molar-refractivity contribution in [2.75, 3.05) is 39.1 Å². The maximum Gasteiger partial charge on any atom is 0.410 e. The number of hydrogen-bond acceptors (Lipinski definition) is 5. The Hall–Kier alpha value is -1.95. The van der Waals surface area contributed by atoms with E-state index in [2.05, 4.69) is 0 Å². The van der Waals surface area contributed by atoms with E-state index in [-0.39, 0.29) is 6.09 Å². The van der Waals surface area contributed by atoms with Gasteiger partial charge in [0.25, 0.3) is 0 Å². The fraction of sp³-hybridized carbons (Fsp3) is 0.562. The van der Waals surface area contributed by atoms with Crippen LogP contribution in [-0.4, -0.2) is 50.0 Å². The van der Waals surface area contributed by atoms with Gasteiger partial charge in [0.15, 0.2) is 0 Å². The van der Waals surface area contributed by atoms with Gasteiger partial charge in [0.1, 0.15) is 18.0 Å². The minimum Gasteiger partial charge on any atom is -0.491 e. The lowest BCUT2D eigenvalue weighted by Gasteiger charge is -2.24. The molecule has 0 atom stereocenters. The molecule has 0 unspecified atom stereocenters. The van der Waals surface area contributed by atoms with Gasteiger partial charge in [-0.15, -0.1) is 0 Å². The molecular formula is C16H26N2O4. The molecule has 0 spiro atoms. The fourth-order valence-corrected chi connectivity index (χ4v) is 1.52. The largest absolute Gasteiger partial charge is 0.491 e. The lowest BCUT2D eigenvalue weighted by Crippen LogP contribution is -2.36. The summed E-state index contributed by atoms with van der Waals surface area (Å²) in [6.45, 7) is 7.31. The Morgan fingerprint density at radius 1 is 1.14 bits per heavy atom. The number of likely N-dealkylation sites (N-methyl/N-ethyl adjacent to an activating group) is 1. The third-order valence-corrected chi connectivity index (χ3v) is 2.65. The average molecular weight is 310 g/mol. The van der Waals surface area contributed by atoms with Gasteiger partial charge in [0, 0.05) is 19.3 Å². The summed E-state index contributed by atoms with van der Waals surface area (Å²) in [6, 6.07) is 7.19. The second-order valence-electron chi connectivity index (χ2n) is 5.93. The van der Waals surface area contributed by atoms with Crippen LogP contribution in [0.4, 0.5) is 10.5 Å². The molecule has 1 aromatic rings. The molecule has 0 aromatic heterocycles. The molecule has 0 saturated heterocycles. The van der Waals surface area contributed by atoms with Gasteiger partial charge in [0.05, 0.1) is 13.2 Å². The van der Waals surface area contributed by atoms with Gasteiger partial charge in [-0.2, -0.15) is 0 Å². The first-order valence-electron chi connectivity index (χ1n) is 7.28. The molecule has 1 amide bonds. The van der Waals surface area contributed by atoms with Crippen molar-refractivity contribution in [2.45, 2.75) is 26.4 Å². The van der Waals surface area contributed by atoms with Crippen LogP contribution < -0.4 is 10.5 Å². The van der Waals surface area contributed by atoms with Crippen molar-refractivity contribution >= 4 is 11.8 Å². The van der Waals surface area contributed by atoms with E-state index in [0.29, 0.717) is 32.1 Å². The van der Waals surface area contributed by atoms with Crippen molar-refractivity contribution < 1.29 is 19.0 Å². The summed E-state index contributed by atoms with van der Waals surface area (Å²) >= 11 is 0. The van der Waals surface area contributed by atoms with E-state index in [1.807, 2.05) is 32.9 Å². The van der Waals surface area contributed by atoms with Gasteiger partial charge < -0.3 is 24.8 Å². The lowest BCUT2D eigenvalue weighted by molar-refractivity contribution is 0.0216. The van der Waals surface area contributed by atoms with Crippen molar-refractivity contribution in [1.29, 1.82) is 0 Å². The molecule has 2 N–H and O–H groups in total. The second kappa shape index (κ2) is 8.48. The molecule has 0 aliphatic heterocycles. The molecule has 6 nitrogen and oxygen atoms in total. The molecule has 0 bridgehead atoms. The smallest absolute Gasteiger partial charge is 0.410 e. The van der Waals surface area contributed by atoms with E-state index in [9.17, 15) is 4.79 Å².